The summed E-state index contributed by atoms with van der Waals surface area (Å²) in [6.07, 6.45) is 3.66. The number of rotatable bonds is 1. The van der Waals surface area contributed by atoms with Crippen LogP contribution in [0, 0.1) is 6.92 Å². The number of nitrogens with zero attached hydrogens (tertiary/aromatic N) is 1. The predicted octanol–water partition coefficient (Wildman–Crippen LogP) is 3.45. The van der Waals surface area contributed by atoms with Crippen LogP contribution in [-0.2, 0) is 4.79 Å². The van der Waals surface area contributed by atoms with Gasteiger partial charge in [0.15, 0.2) is 5.78 Å². The van der Waals surface area contributed by atoms with Gasteiger partial charge in [0.2, 0.25) is 5.91 Å². The van der Waals surface area contributed by atoms with Gasteiger partial charge in [-0.05, 0) is 51.2 Å². The quantitative estimate of drug-likeness (QED) is 0.792. The highest BCUT2D eigenvalue weighted by Crippen LogP contribution is 2.38. The number of amides is 1. The SMILES string of the molecule is Cc1cccc2c1C(C(=O)N1C(C)CCCC1C)CC2=O. The van der Waals surface area contributed by atoms with Crippen LogP contribution in [0.25, 0.3) is 0 Å². The molecule has 112 valence electrons. The fourth-order valence-electron chi connectivity index (χ4n) is 4.03. The smallest absolute Gasteiger partial charge is 0.231 e. The lowest BCUT2D eigenvalue weighted by molar-refractivity contribution is -0.138. The van der Waals surface area contributed by atoms with Gasteiger partial charge in [-0.2, -0.15) is 0 Å². The first-order valence-corrected chi connectivity index (χ1v) is 7.95. The highest BCUT2D eigenvalue weighted by Gasteiger charge is 2.40. The van der Waals surface area contributed by atoms with Gasteiger partial charge < -0.3 is 4.90 Å². The lowest BCUT2D eigenvalue weighted by Crippen LogP contribution is -2.49. The minimum atomic E-state index is -0.267. The summed E-state index contributed by atoms with van der Waals surface area (Å²) in [4.78, 5) is 27.3. The molecule has 3 nitrogen and oxygen atoms in total. The third kappa shape index (κ3) is 2.29. The Morgan fingerprint density at radius 3 is 2.52 bits per heavy atom. The number of aryl methyl sites for hydroxylation is 1. The molecule has 21 heavy (non-hydrogen) atoms. The first-order valence-electron chi connectivity index (χ1n) is 7.95. The number of hydrogen-bond acceptors (Lipinski definition) is 2. The molecule has 0 spiro atoms. The third-order valence-electron chi connectivity index (χ3n) is 5.11. The summed E-state index contributed by atoms with van der Waals surface area (Å²) in [6, 6.07) is 6.33. The van der Waals surface area contributed by atoms with Crippen molar-refractivity contribution in [3.8, 4) is 0 Å². The maximum Gasteiger partial charge on any atom is 0.231 e. The number of fused-ring (bicyclic) bond motifs is 1. The average Bonchev–Trinajstić information content (AvgIpc) is 2.77. The van der Waals surface area contributed by atoms with E-state index in [4.69, 9.17) is 0 Å². The number of Topliss-reactive ketones (excluding diaryl/α,β-unsaturated/α-hetero) is 1. The Morgan fingerprint density at radius 2 is 1.86 bits per heavy atom. The van der Waals surface area contributed by atoms with E-state index in [1.54, 1.807) is 0 Å². The molecule has 2 aliphatic rings. The maximum absolute atomic E-state index is 13.1. The van der Waals surface area contributed by atoms with Crippen LogP contribution in [0.15, 0.2) is 18.2 Å². The van der Waals surface area contributed by atoms with Gasteiger partial charge in [-0.3, -0.25) is 9.59 Å². The first kappa shape index (κ1) is 14.3. The van der Waals surface area contributed by atoms with Crippen LogP contribution in [0.1, 0.15) is 66.9 Å². The third-order valence-corrected chi connectivity index (χ3v) is 5.11. The number of likely N-dealkylation sites (tertiary alicyclic amines) is 1. The molecule has 1 aliphatic carbocycles. The zero-order valence-corrected chi connectivity index (χ0v) is 13.1. The van der Waals surface area contributed by atoms with Gasteiger partial charge in [0, 0.05) is 24.1 Å². The zero-order chi connectivity index (χ0) is 15.1. The summed E-state index contributed by atoms with van der Waals surface area (Å²) >= 11 is 0. The molecule has 1 saturated heterocycles. The van der Waals surface area contributed by atoms with Gasteiger partial charge in [0.05, 0.1) is 5.92 Å². The first-order chi connectivity index (χ1) is 10.0. The Labute approximate surface area is 126 Å². The van der Waals surface area contributed by atoms with Crippen molar-refractivity contribution in [3.05, 3.63) is 34.9 Å². The van der Waals surface area contributed by atoms with E-state index in [0.29, 0.717) is 6.42 Å². The summed E-state index contributed by atoms with van der Waals surface area (Å²) in [7, 11) is 0. The lowest BCUT2D eigenvalue weighted by Gasteiger charge is -2.40. The Hall–Kier alpha value is -1.64. The number of piperidine rings is 1. The van der Waals surface area contributed by atoms with E-state index in [9.17, 15) is 9.59 Å². The second-order valence-electron chi connectivity index (χ2n) is 6.59. The van der Waals surface area contributed by atoms with Gasteiger partial charge in [-0.25, -0.2) is 0 Å². The van der Waals surface area contributed by atoms with Gasteiger partial charge in [0.25, 0.3) is 0 Å². The molecular formula is C18H23NO2. The van der Waals surface area contributed by atoms with Gasteiger partial charge in [-0.15, -0.1) is 0 Å². The molecule has 0 saturated carbocycles. The maximum atomic E-state index is 13.1. The summed E-state index contributed by atoms with van der Waals surface area (Å²) in [5, 5.41) is 0. The molecular weight excluding hydrogens is 262 g/mol. The molecule has 1 aliphatic heterocycles. The summed E-state index contributed by atoms with van der Waals surface area (Å²) in [5.41, 5.74) is 2.79. The van der Waals surface area contributed by atoms with Crippen molar-refractivity contribution in [2.75, 3.05) is 0 Å². The van der Waals surface area contributed by atoms with E-state index in [0.717, 1.165) is 29.5 Å². The van der Waals surface area contributed by atoms with Crippen molar-refractivity contribution in [1.29, 1.82) is 0 Å². The molecule has 0 radical (unpaired) electrons. The topological polar surface area (TPSA) is 37.4 Å². The second kappa shape index (κ2) is 5.28. The van der Waals surface area contributed by atoms with Crippen LogP contribution in [0.4, 0.5) is 0 Å². The fourth-order valence-corrected chi connectivity index (χ4v) is 4.03. The van der Waals surface area contributed by atoms with Crippen LogP contribution in [0.3, 0.4) is 0 Å². The van der Waals surface area contributed by atoms with Gasteiger partial charge in [-0.1, -0.05) is 18.2 Å². The highest BCUT2D eigenvalue weighted by molar-refractivity contribution is 6.07. The van der Waals surface area contributed by atoms with E-state index in [2.05, 4.69) is 13.8 Å². The molecule has 3 heteroatoms. The molecule has 3 unspecified atom stereocenters. The van der Waals surface area contributed by atoms with Gasteiger partial charge in [0.1, 0.15) is 0 Å². The largest absolute Gasteiger partial charge is 0.337 e. The lowest BCUT2D eigenvalue weighted by atomic mass is 9.91. The van der Waals surface area contributed by atoms with Gasteiger partial charge >= 0.3 is 0 Å². The second-order valence-corrected chi connectivity index (χ2v) is 6.59. The number of benzene rings is 1. The minimum Gasteiger partial charge on any atom is -0.337 e. The molecule has 3 atom stereocenters. The van der Waals surface area contributed by atoms with Crippen molar-refractivity contribution in [3.63, 3.8) is 0 Å². The van der Waals surface area contributed by atoms with Crippen LogP contribution in [0.2, 0.25) is 0 Å². The number of carbonyl (C=O) groups excluding carboxylic acids is 2. The molecule has 1 fully saturated rings. The molecule has 0 N–H and O–H groups in total. The molecule has 0 bridgehead atoms. The number of ketones is 1. The molecule has 1 amide bonds. The predicted molar refractivity (Wildman–Crippen MR) is 82.5 cm³/mol. The Bertz CT molecular complexity index is 583. The monoisotopic (exact) mass is 285 g/mol. The summed E-state index contributed by atoms with van der Waals surface area (Å²) < 4.78 is 0. The van der Waals surface area contributed by atoms with Crippen LogP contribution < -0.4 is 0 Å². The van der Waals surface area contributed by atoms with Crippen LogP contribution in [-0.4, -0.2) is 28.7 Å². The summed E-state index contributed by atoms with van der Waals surface area (Å²) in [5.74, 6) is -0.00262. The Morgan fingerprint density at radius 1 is 1.19 bits per heavy atom. The molecule has 1 aromatic rings. The normalized spacial score (nSPS) is 28.6. The minimum absolute atomic E-state index is 0.115. The number of carbonyl (C=O) groups is 2. The van der Waals surface area contributed by atoms with Crippen LogP contribution >= 0.6 is 0 Å². The van der Waals surface area contributed by atoms with E-state index >= 15 is 0 Å². The van der Waals surface area contributed by atoms with Crippen molar-refractivity contribution in [1.82, 2.24) is 4.90 Å². The molecule has 0 aromatic heterocycles. The van der Waals surface area contributed by atoms with Crippen molar-refractivity contribution >= 4 is 11.7 Å². The van der Waals surface area contributed by atoms with Crippen LogP contribution in [0.5, 0.6) is 0 Å². The van der Waals surface area contributed by atoms with E-state index in [1.807, 2.05) is 30.0 Å². The van der Waals surface area contributed by atoms with E-state index < -0.39 is 0 Å². The van der Waals surface area contributed by atoms with Crippen molar-refractivity contribution < 1.29 is 9.59 Å². The number of hydrogen-bond donors (Lipinski definition) is 0. The zero-order valence-electron chi connectivity index (χ0n) is 13.1. The van der Waals surface area contributed by atoms with Crippen molar-refractivity contribution in [2.24, 2.45) is 0 Å². The average molecular weight is 285 g/mol. The van der Waals surface area contributed by atoms with E-state index in [-0.39, 0.29) is 29.7 Å². The van der Waals surface area contributed by atoms with E-state index in [1.165, 1.54) is 6.42 Å². The molecule has 1 aromatic carbocycles. The Kier molecular flexibility index (Phi) is 3.60. The molecule has 1 heterocycles. The standard InChI is InChI=1S/C18H23NO2/c1-11-6-4-9-14-16(20)10-15(17(11)14)18(21)19-12(2)7-5-8-13(19)3/h4,6,9,12-13,15H,5,7-8,10H2,1-3H3. The Balaban J connectivity index is 1.95. The van der Waals surface area contributed by atoms with Crippen molar-refractivity contribution in [2.45, 2.75) is 64.5 Å². The fraction of sp³-hybridized carbons (Fsp3) is 0.556. The highest BCUT2D eigenvalue weighted by atomic mass is 16.2. The molecule has 3 rings (SSSR count). The summed E-state index contributed by atoms with van der Waals surface area (Å²) in [6.45, 7) is 6.26.